The molecule has 1 aliphatic rings. The lowest BCUT2D eigenvalue weighted by molar-refractivity contribution is -0.118. The van der Waals surface area contributed by atoms with Gasteiger partial charge in [0.1, 0.15) is 15.7 Å². The SMILES string of the molecule is CCCC(=O)Cc1cc(-c2nc(OCC)c(C3=NCC=N3)s2)ccn1. The Morgan fingerprint density at radius 2 is 2.24 bits per heavy atom. The molecule has 0 radical (unpaired) electrons. The van der Waals surface area contributed by atoms with Crippen molar-refractivity contribution in [1.82, 2.24) is 9.97 Å². The molecule has 0 fully saturated rings. The Labute approximate surface area is 150 Å². The Hall–Kier alpha value is -2.41. The van der Waals surface area contributed by atoms with Crippen molar-refractivity contribution in [2.75, 3.05) is 13.2 Å². The number of pyridine rings is 1. The maximum Gasteiger partial charge on any atom is 0.236 e. The summed E-state index contributed by atoms with van der Waals surface area (Å²) < 4.78 is 5.65. The molecule has 0 aromatic carbocycles. The average Bonchev–Trinajstić information content (AvgIpc) is 3.25. The van der Waals surface area contributed by atoms with Gasteiger partial charge in [-0.2, -0.15) is 0 Å². The molecular weight excluding hydrogens is 336 g/mol. The predicted molar refractivity (Wildman–Crippen MR) is 100 cm³/mol. The number of carbonyl (C=O) groups is 1. The highest BCUT2D eigenvalue weighted by atomic mass is 32.1. The summed E-state index contributed by atoms with van der Waals surface area (Å²) in [5, 5.41) is 0.815. The van der Waals surface area contributed by atoms with E-state index in [9.17, 15) is 4.79 Å². The second-order valence-electron chi connectivity index (χ2n) is 5.56. The van der Waals surface area contributed by atoms with E-state index in [2.05, 4.69) is 20.0 Å². The number of nitrogens with zero attached hydrogens (tertiary/aromatic N) is 4. The van der Waals surface area contributed by atoms with E-state index in [1.165, 1.54) is 11.3 Å². The van der Waals surface area contributed by atoms with Gasteiger partial charge in [-0.3, -0.25) is 14.8 Å². The number of rotatable bonds is 8. The summed E-state index contributed by atoms with van der Waals surface area (Å²) in [6.07, 6.45) is 5.29. The summed E-state index contributed by atoms with van der Waals surface area (Å²) >= 11 is 1.49. The number of thiazole rings is 1. The van der Waals surface area contributed by atoms with Gasteiger partial charge in [-0.1, -0.05) is 6.92 Å². The summed E-state index contributed by atoms with van der Waals surface area (Å²) in [5.41, 5.74) is 1.69. The first-order chi connectivity index (χ1) is 12.2. The lowest BCUT2D eigenvalue weighted by Gasteiger charge is -2.02. The van der Waals surface area contributed by atoms with Crippen LogP contribution in [0.15, 0.2) is 28.3 Å². The van der Waals surface area contributed by atoms with E-state index in [0.717, 1.165) is 27.6 Å². The lowest BCUT2D eigenvalue weighted by Crippen LogP contribution is -2.03. The number of hydrogen-bond donors (Lipinski definition) is 0. The van der Waals surface area contributed by atoms with Crippen LogP contribution in [0, 0.1) is 0 Å². The minimum atomic E-state index is 0.205. The van der Waals surface area contributed by atoms with Gasteiger partial charge < -0.3 is 4.74 Å². The van der Waals surface area contributed by atoms with Gasteiger partial charge in [0.25, 0.3) is 0 Å². The van der Waals surface area contributed by atoms with Crippen molar-refractivity contribution in [2.45, 2.75) is 33.1 Å². The molecule has 0 N–H and O–H groups in total. The molecular formula is C18H20N4O2S. The van der Waals surface area contributed by atoms with Crippen molar-refractivity contribution in [3.05, 3.63) is 28.9 Å². The topological polar surface area (TPSA) is 76.8 Å². The Balaban J connectivity index is 1.90. The van der Waals surface area contributed by atoms with E-state index in [-0.39, 0.29) is 5.78 Å². The standard InChI is InChI=1S/C18H20N4O2S/c1-3-5-14(23)11-13-10-12(6-7-19-13)18-22-17(24-4-2)15(25-18)16-20-8-9-21-16/h6-8,10H,3-5,9,11H2,1-2H3. The molecule has 0 saturated carbocycles. The third-order valence-electron chi connectivity index (χ3n) is 3.59. The van der Waals surface area contributed by atoms with Crippen LogP contribution in [0.25, 0.3) is 10.6 Å². The fourth-order valence-corrected chi connectivity index (χ4v) is 3.48. The van der Waals surface area contributed by atoms with Gasteiger partial charge in [0, 0.05) is 36.5 Å². The summed E-state index contributed by atoms with van der Waals surface area (Å²) in [6, 6.07) is 3.82. The first-order valence-corrected chi connectivity index (χ1v) is 9.20. The van der Waals surface area contributed by atoms with Crippen LogP contribution in [0.1, 0.15) is 37.3 Å². The predicted octanol–water partition coefficient (Wildman–Crippen LogP) is 3.35. The van der Waals surface area contributed by atoms with Crippen molar-refractivity contribution in [3.8, 4) is 16.5 Å². The zero-order valence-electron chi connectivity index (χ0n) is 14.4. The molecule has 130 valence electrons. The molecule has 0 unspecified atom stereocenters. The van der Waals surface area contributed by atoms with Gasteiger partial charge in [-0.05, 0) is 25.5 Å². The summed E-state index contributed by atoms with van der Waals surface area (Å²) in [4.78, 5) is 30.3. The molecule has 7 heteroatoms. The highest BCUT2D eigenvalue weighted by molar-refractivity contribution is 7.17. The normalized spacial score (nSPS) is 13.1. The zero-order valence-corrected chi connectivity index (χ0v) is 15.2. The van der Waals surface area contributed by atoms with Crippen molar-refractivity contribution < 1.29 is 9.53 Å². The number of aromatic nitrogens is 2. The lowest BCUT2D eigenvalue weighted by atomic mass is 10.1. The van der Waals surface area contributed by atoms with Crippen molar-refractivity contribution >= 4 is 29.2 Å². The van der Waals surface area contributed by atoms with Crippen LogP contribution in [-0.2, 0) is 11.2 Å². The molecule has 0 amide bonds. The number of amidine groups is 1. The molecule has 1 aliphatic heterocycles. The van der Waals surface area contributed by atoms with E-state index in [1.54, 1.807) is 12.4 Å². The second-order valence-corrected chi connectivity index (χ2v) is 6.56. The summed E-state index contributed by atoms with van der Waals surface area (Å²) in [7, 11) is 0. The van der Waals surface area contributed by atoms with Gasteiger partial charge in [-0.25, -0.2) is 9.98 Å². The van der Waals surface area contributed by atoms with E-state index < -0.39 is 0 Å². The van der Waals surface area contributed by atoms with Crippen LogP contribution < -0.4 is 4.74 Å². The van der Waals surface area contributed by atoms with Crippen LogP contribution in [0.5, 0.6) is 5.88 Å². The fraction of sp³-hybridized carbons (Fsp3) is 0.389. The quantitative estimate of drug-likeness (QED) is 0.727. The van der Waals surface area contributed by atoms with Crippen LogP contribution in [0.4, 0.5) is 0 Å². The third kappa shape index (κ3) is 4.17. The number of Topliss-reactive ketones (excluding diaryl/α,β-unsaturated/α-hetero) is 1. The fourth-order valence-electron chi connectivity index (χ4n) is 2.51. The molecule has 3 rings (SSSR count). The summed E-state index contributed by atoms with van der Waals surface area (Å²) in [5.74, 6) is 1.43. The monoisotopic (exact) mass is 356 g/mol. The number of ketones is 1. The molecule has 0 saturated heterocycles. The molecule has 25 heavy (non-hydrogen) atoms. The van der Waals surface area contributed by atoms with Crippen LogP contribution >= 0.6 is 11.3 Å². The molecule has 0 aliphatic carbocycles. The van der Waals surface area contributed by atoms with Gasteiger partial charge in [0.2, 0.25) is 5.88 Å². The Morgan fingerprint density at radius 3 is 2.96 bits per heavy atom. The first-order valence-electron chi connectivity index (χ1n) is 8.39. The molecule has 2 aromatic heterocycles. The number of hydrogen-bond acceptors (Lipinski definition) is 7. The molecule has 0 atom stereocenters. The zero-order chi connectivity index (χ0) is 17.6. The van der Waals surface area contributed by atoms with Crippen molar-refractivity contribution in [1.29, 1.82) is 0 Å². The van der Waals surface area contributed by atoms with Crippen LogP contribution in [0.2, 0.25) is 0 Å². The number of aliphatic imine (C=N–C) groups is 2. The molecule has 3 heterocycles. The Morgan fingerprint density at radius 1 is 1.36 bits per heavy atom. The molecule has 0 spiro atoms. The highest BCUT2D eigenvalue weighted by Gasteiger charge is 2.20. The van der Waals surface area contributed by atoms with Gasteiger partial charge in [-0.15, -0.1) is 11.3 Å². The maximum absolute atomic E-state index is 11.9. The second kappa shape index (κ2) is 8.11. The van der Waals surface area contributed by atoms with Gasteiger partial charge in [0.15, 0.2) is 5.84 Å². The van der Waals surface area contributed by atoms with E-state index in [4.69, 9.17) is 4.74 Å². The smallest absolute Gasteiger partial charge is 0.236 e. The Kier molecular flexibility index (Phi) is 5.65. The highest BCUT2D eigenvalue weighted by Crippen LogP contribution is 2.34. The minimum absolute atomic E-state index is 0.205. The minimum Gasteiger partial charge on any atom is -0.477 e. The van der Waals surface area contributed by atoms with Gasteiger partial charge in [0.05, 0.1) is 13.2 Å². The average molecular weight is 356 g/mol. The largest absolute Gasteiger partial charge is 0.477 e. The van der Waals surface area contributed by atoms with E-state index in [0.29, 0.717) is 37.7 Å². The maximum atomic E-state index is 11.9. The molecule has 6 nitrogen and oxygen atoms in total. The third-order valence-corrected chi connectivity index (χ3v) is 4.67. The Bertz CT molecular complexity index is 826. The molecule has 2 aromatic rings. The number of carbonyl (C=O) groups excluding carboxylic acids is 1. The van der Waals surface area contributed by atoms with E-state index in [1.807, 2.05) is 26.0 Å². The van der Waals surface area contributed by atoms with Crippen molar-refractivity contribution in [2.24, 2.45) is 9.98 Å². The molecule has 0 bridgehead atoms. The van der Waals surface area contributed by atoms with E-state index >= 15 is 0 Å². The van der Waals surface area contributed by atoms with Crippen molar-refractivity contribution in [3.63, 3.8) is 0 Å². The first kappa shape index (κ1) is 17.4. The van der Waals surface area contributed by atoms with Gasteiger partial charge >= 0.3 is 0 Å². The number of ether oxygens (including phenoxy) is 1. The van der Waals surface area contributed by atoms with Crippen LogP contribution in [-0.4, -0.2) is 41.0 Å². The summed E-state index contributed by atoms with van der Waals surface area (Å²) in [6.45, 7) is 5.04. The van der Waals surface area contributed by atoms with Crippen LogP contribution in [0.3, 0.4) is 0 Å².